The van der Waals surface area contributed by atoms with Crippen LogP contribution in [-0.4, -0.2) is 37.0 Å². The van der Waals surface area contributed by atoms with E-state index in [1.807, 2.05) is 12.1 Å². The molecule has 0 N–H and O–H groups in total. The molecule has 0 radical (unpaired) electrons. The maximum atomic E-state index is 12.5. The van der Waals surface area contributed by atoms with Gasteiger partial charge in [0.1, 0.15) is 5.76 Å². The van der Waals surface area contributed by atoms with Crippen molar-refractivity contribution in [3.8, 4) is 11.3 Å². The third-order valence-corrected chi connectivity index (χ3v) is 4.51. The molecule has 0 atom stereocenters. The van der Waals surface area contributed by atoms with Crippen molar-refractivity contribution in [2.75, 3.05) is 20.2 Å². The molecule has 126 valence electrons. The van der Waals surface area contributed by atoms with E-state index >= 15 is 0 Å². The van der Waals surface area contributed by atoms with Gasteiger partial charge < -0.3 is 14.1 Å². The summed E-state index contributed by atoms with van der Waals surface area (Å²) in [5.41, 5.74) is 0.864. The molecule has 1 saturated heterocycles. The third kappa shape index (κ3) is 3.46. The van der Waals surface area contributed by atoms with E-state index in [2.05, 4.69) is 0 Å². The van der Waals surface area contributed by atoms with Gasteiger partial charge >= 0.3 is 5.97 Å². The lowest BCUT2D eigenvalue weighted by Gasteiger charge is -2.30. The summed E-state index contributed by atoms with van der Waals surface area (Å²) in [6, 6.07) is 10.7. The number of carbonyl (C=O) groups excluding carboxylic acids is 2. The molecular formula is C18H18ClNO4. The first-order valence-corrected chi connectivity index (χ1v) is 8.19. The zero-order valence-electron chi connectivity index (χ0n) is 13.3. The molecule has 1 aromatic carbocycles. The maximum absolute atomic E-state index is 12.5. The Kier molecular flexibility index (Phi) is 4.90. The van der Waals surface area contributed by atoms with Crippen LogP contribution < -0.4 is 0 Å². The van der Waals surface area contributed by atoms with Gasteiger partial charge in [-0.2, -0.15) is 0 Å². The highest BCUT2D eigenvalue weighted by molar-refractivity contribution is 6.30. The second-order valence-electron chi connectivity index (χ2n) is 5.76. The number of rotatable bonds is 3. The number of hydrogen-bond donors (Lipinski definition) is 0. The summed E-state index contributed by atoms with van der Waals surface area (Å²) in [4.78, 5) is 25.8. The molecule has 0 aliphatic carbocycles. The first-order valence-electron chi connectivity index (χ1n) is 7.81. The van der Waals surface area contributed by atoms with E-state index in [1.165, 1.54) is 7.11 Å². The molecule has 2 aromatic rings. The minimum absolute atomic E-state index is 0.125. The summed E-state index contributed by atoms with van der Waals surface area (Å²) in [6.45, 7) is 1.05. The quantitative estimate of drug-likeness (QED) is 0.795. The van der Waals surface area contributed by atoms with Crippen LogP contribution >= 0.6 is 11.6 Å². The topological polar surface area (TPSA) is 59.8 Å². The molecule has 0 bridgehead atoms. The SMILES string of the molecule is COC(=O)C1CCN(C(=O)c2ccc(-c3ccc(Cl)cc3)o2)CC1. The summed E-state index contributed by atoms with van der Waals surface area (Å²) >= 11 is 5.88. The summed E-state index contributed by atoms with van der Waals surface area (Å²) in [5.74, 6) is 0.444. The van der Waals surface area contributed by atoms with Gasteiger partial charge in [-0.15, -0.1) is 0 Å². The number of hydrogen-bond acceptors (Lipinski definition) is 4. The molecule has 5 nitrogen and oxygen atoms in total. The monoisotopic (exact) mass is 347 g/mol. The van der Waals surface area contributed by atoms with Crippen LogP contribution in [0.1, 0.15) is 23.4 Å². The number of methoxy groups -OCH3 is 1. The normalized spacial score (nSPS) is 15.3. The molecule has 3 rings (SSSR count). The molecule has 0 spiro atoms. The number of piperidine rings is 1. The van der Waals surface area contributed by atoms with E-state index in [-0.39, 0.29) is 17.8 Å². The Morgan fingerprint density at radius 2 is 1.79 bits per heavy atom. The summed E-state index contributed by atoms with van der Waals surface area (Å²) in [6.07, 6.45) is 1.23. The predicted molar refractivity (Wildman–Crippen MR) is 89.8 cm³/mol. The van der Waals surface area contributed by atoms with E-state index in [9.17, 15) is 9.59 Å². The van der Waals surface area contributed by atoms with Gasteiger partial charge in [-0.05, 0) is 49.2 Å². The molecule has 6 heteroatoms. The summed E-state index contributed by atoms with van der Waals surface area (Å²) < 4.78 is 10.5. The molecule has 1 amide bonds. The molecular weight excluding hydrogens is 330 g/mol. The van der Waals surface area contributed by atoms with Crippen molar-refractivity contribution in [2.24, 2.45) is 5.92 Å². The standard InChI is InChI=1S/C18H18ClNO4/c1-23-18(22)13-8-10-20(11-9-13)17(21)16-7-6-15(24-16)12-2-4-14(19)5-3-12/h2-7,13H,8-11H2,1H3. The first-order chi connectivity index (χ1) is 11.6. The van der Waals surface area contributed by atoms with E-state index < -0.39 is 0 Å². The molecule has 1 aliphatic rings. The fraction of sp³-hybridized carbons (Fsp3) is 0.333. The van der Waals surface area contributed by atoms with Crippen molar-refractivity contribution in [3.05, 3.63) is 47.2 Å². The highest BCUT2D eigenvalue weighted by Gasteiger charge is 2.29. The smallest absolute Gasteiger partial charge is 0.308 e. The minimum atomic E-state index is -0.204. The van der Waals surface area contributed by atoms with Crippen molar-refractivity contribution in [1.29, 1.82) is 0 Å². The number of carbonyl (C=O) groups is 2. The Morgan fingerprint density at radius 3 is 2.42 bits per heavy atom. The van der Waals surface area contributed by atoms with Gasteiger partial charge in [0, 0.05) is 23.7 Å². The maximum Gasteiger partial charge on any atom is 0.308 e. The Morgan fingerprint density at radius 1 is 1.12 bits per heavy atom. The fourth-order valence-corrected chi connectivity index (χ4v) is 2.99. The van der Waals surface area contributed by atoms with Crippen LogP contribution in [-0.2, 0) is 9.53 Å². The number of likely N-dealkylation sites (tertiary alicyclic amines) is 1. The molecule has 1 fully saturated rings. The zero-order chi connectivity index (χ0) is 17.1. The van der Waals surface area contributed by atoms with Crippen LogP contribution in [0.5, 0.6) is 0 Å². The molecule has 1 aliphatic heterocycles. The number of nitrogens with zero attached hydrogens (tertiary/aromatic N) is 1. The van der Waals surface area contributed by atoms with E-state index in [0.29, 0.717) is 42.5 Å². The van der Waals surface area contributed by atoms with Gasteiger partial charge in [-0.1, -0.05) is 11.6 Å². The molecule has 0 unspecified atom stereocenters. The molecule has 2 heterocycles. The van der Waals surface area contributed by atoms with Crippen LogP contribution in [0.15, 0.2) is 40.8 Å². The number of benzene rings is 1. The van der Waals surface area contributed by atoms with Gasteiger partial charge in [0.15, 0.2) is 5.76 Å². The van der Waals surface area contributed by atoms with Crippen LogP contribution in [0.25, 0.3) is 11.3 Å². The van der Waals surface area contributed by atoms with Gasteiger partial charge in [-0.25, -0.2) is 0 Å². The van der Waals surface area contributed by atoms with Crippen molar-refractivity contribution < 1.29 is 18.7 Å². The van der Waals surface area contributed by atoms with Crippen molar-refractivity contribution in [2.45, 2.75) is 12.8 Å². The highest BCUT2D eigenvalue weighted by atomic mass is 35.5. The number of esters is 1. The number of ether oxygens (including phenoxy) is 1. The van der Waals surface area contributed by atoms with Crippen molar-refractivity contribution in [3.63, 3.8) is 0 Å². The van der Waals surface area contributed by atoms with Gasteiger partial charge in [0.25, 0.3) is 5.91 Å². The van der Waals surface area contributed by atoms with Gasteiger partial charge in [-0.3, -0.25) is 9.59 Å². The van der Waals surface area contributed by atoms with Crippen LogP contribution in [0, 0.1) is 5.92 Å². The highest BCUT2D eigenvalue weighted by Crippen LogP contribution is 2.26. The summed E-state index contributed by atoms with van der Waals surface area (Å²) in [5, 5.41) is 0.648. The molecule has 24 heavy (non-hydrogen) atoms. The van der Waals surface area contributed by atoms with Crippen LogP contribution in [0.4, 0.5) is 0 Å². The summed E-state index contributed by atoms with van der Waals surface area (Å²) in [7, 11) is 1.39. The van der Waals surface area contributed by atoms with E-state index in [0.717, 1.165) is 5.56 Å². The number of amides is 1. The van der Waals surface area contributed by atoms with E-state index in [4.69, 9.17) is 20.8 Å². The lowest BCUT2D eigenvalue weighted by atomic mass is 9.97. The predicted octanol–water partition coefficient (Wildman–Crippen LogP) is 3.63. The zero-order valence-corrected chi connectivity index (χ0v) is 14.1. The molecule has 0 saturated carbocycles. The Hall–Kier alpha value is -2.27. The third-order valence-electron chi connectivity index (χ3n) is 4.26. The second-order valence-corrected chi connectivity index (χ2v) is 6.20. The first kappa shape index (κ1) is 16.6. The van der Waals surface area contributed by atoms with Crippen molar-refractivity contribution in [1.82, 2.24) is 4.90 Å². The lowest BCUT2D eigenvalue weighted by Crippen LogP contribution is -2.40. The Labute approximate surface area is 145 Å². The van der Waals surface area contributed by atoms with Gasteiger partial charge in [0.2, 0.25) is 0 Å². The van der Waals surface area contributed by atoms with Crippen LogP contribution in [0.2, 0.25) is 5.02 Å². The Bertz CT molecular complexity index is 730. The lowest BCUT2D eigenvalue weighted by molar-refractivity contribution is -0.146. The number of furan rings is 1. The van der Waals surface area contributed by atoms with Crippen LogP contribution in [0.3, 0.4) is 0 Å². The Balaban J connectivity index is 1.66. The van der Waals surface area contributed by atoms with Crippen molar-refractivity contribution >= 4 is 23.5 Å². The average molecular weight is 348 g/mol. The fourth-order valence-electron chi connectivity index (χ4n) is 2.86. The molecule has 1 aromatic heterocycles. The minimum Gasteiger partial charge on any atom is -0.469 e. The van der Waals surface area contributed by atoms with Gasteiger partial charge in [0.05, 0.1) is 13.0 Å². The largest absolute Gasteiger partial charge is 0.469 e. The van der Waals surface area contributed by atoms with E-state index in [1.54, 1.807) is 29.2 Å². The number of halogens is 1. The average Bonchev–Trinajstić information content (AvgIpc) is 3.11. The second kappa shape index (κ2) is 7.09.